The number of aryl methyl sites for hydroxylation is 1. The SMILES string of the molecule is Cn1cc(NC(=O)c2ccc3cnc(N4CCC[C@@H](N)C4)nn23)c(C#N)n1.O=C(O)C(F)(F)F. The van der Waals surface area contributed by atoms with Crippen LogP contribution in [0.15, 0.2) is 24.5 Å². The molecule has 15 heteroatoms. The van der Waals surface area contributed by atoms with E-state index >= 15 is 0 Å². The number of fused-ring (bicyclic) bond motifs is 1. The number of anilines is 2. The summed E-state index contributed by atoms with van der Waals surface area (Å²) in [5.74, 6) is -2.59. The summed E-state index contributed by atoms with van der Waals surface area (Å²) < 4.78 is 34.8. The molecule has 1 aliphatic rings. The summed E-state index contributed by atoms with van der Waals surface area (Å²) in [5.41, 5.74) is 7.62. The van der Waals surface area contributed by atoms with Gasteiger partial charge in [0, 0.05) is 32.4 Å². The van der Waals surface area contributed by atoms with Crippen molar-refractivity contribution < 1.29 is 27.9 Å². The smallest absolute Gasteiger partial charge is 0.475 e. The summed E-state index contributed by atoms with van der Waals surface area (Å²) in [5, 5.41) is 27.5. The van der Waals surface area contributed by atoms with Crippen LogP contribution in [0.3, 0.4) is 0 Å². The summed E-state index contributed by atoms with van der Waals surface area (Å²) in [6.07, 6.45) is 0.160. The average molecular weight is 479 g/mol. The Hall–Kier alpha value is -4.19. The van der Waals surface area contributed by atoms with Gasteiger partial charge >= 0.3 is 12.1 Å². The van der Waals surface area contributed by atoms with Crippen molar-refractivity contribution in [3.63, 3.8) is 0 Å². The molecule has 180 valence electrons. The van der Waals surface area contributed by atoms with Crippen molar-refractivity contribution >= 4 is 29.0 Å². The number of carbonyl (C=O) groups is 2. The standard InChI is InChI=1S/C17H19N9O.C2HF3O2/c1-24-10-14(13(7-18)22-24)21-16(27)15-5-4-12-8-20-17(23-26(12)15)25-6-2-3-11(19)9-25;3-2(4,5)1(6)7/h4-5,8,10-11H,2-3,6,9,19H2,1H3,(H,21,27);(H,6,7)/t11-;/m1./s1. The number of alkyl halides is 3. The van der Waals surface area contributed by atoms with Gasteiger partial charge in [-0.1, -0.05) is 0 Å². The number of nitrogens with two attached hydrogens (primary N) is 1. The maximum absolute atomic E-state index is 12.7. The molecular weight excluding hydrogens is 459 g/mol. The Morgan fingerprint density at radius 2 is 2.03 bits per heavy atom. The van der Waals surface area contributed by atoms with Crippen molar-refractivity contribution in [2.75, 3.05) is 23.3 Å². The lowest BCUT2D eigenvalue weighted by molar-refractivity contribution is -0.192. The molecule has 0 saturated carbocycles. The molecule has 1 saturated heterocycles. The molecule has 3 aromatic heterocycles. The minimum absolute atomic E-state index is 0.0976. The number of piperidine rings is 1. The lowest BCUT2D eigenvalue weighted by atomic mass is 10.1. The van der Waals surface area contributed by atoms with Crippen LogP contribution in [0.5, 0.6) is 0 Å². The number of nitrogens with zero attached hydrogens (tertiary/aromatic N) is 7. The van der Waals surface area contributed by atoms with E-state index in [4.69, 9.17) is 20.9 Å². The molecular formula is C19H20F3N9O3. The number of nitrogens with one attached hydrogen (secondary N) is 1. The monoisotopic (exact) mass is 479 g/mol. The highest BCUT2D eigenvalue weighted by molar-refractivity contribution is 6.04. The predicted octanol–water partition coefficient (Wildman–Crippen LogP) is 1.15. The molecule has 4 rings (SSSR count). The van der Waals surface area contributed by atoms with Gasteiger partial charge in [0.1, 0.15) is 11.8 Å². The van der Waals surface area contributed by atoms with Crippen molar-refractivity contribution in [3.05, 3.63) is 35.9 Å². The van der Waals surface area contributed by atoms with Gasteiger partial charge in [-0.2, -0.15) is 23.5 Å². The zero-order valence-electron chi connectivity index (χ0n) is 17.8. The number of hydrogen-bond donors (Lipinski definition) is 3. The first kappa shape index (κ1) is 24.5. The maximum atomic E-state index is 12.7. The molecule has 1 amide bonds. The normalized spacial score (nSPS) is 15.9. The highest BCUT2D eigenvalue weighted by Crippen LogP contribution is 2.18. The molecule has 12 nitrogen and oxygen atoms in total. The molecule has 4 heterocycles. The van der Waals surface area contributed by atoms with E-state index in [0.717, 1.165) is 19.4 Å². The second-order valence-electron chi connectivity index (χ2n) is 7.40. The van der Waals surface area contributed by atoms with Crippen molar-refractivity contribution in [1.82, 2.24) is 24.4 Å². The van der Waals surface area contributed by atoms with Crippen LogP contribution in [0, 0.1) is 11.3 Å². The first-order valence-corrected chi connectivity index (χ1v) is 9.90. The fraction of sp³-hybridized carbons (Fsp3) is 0.368. The quantitative estimate of drug-likeness (QED) is 0.499. The third kappa shape index (κ3) is 5.59. The Morgan fingerprint density at radius 1 is 1.32 bits per heavy atom. The zero-order valence-corrected chi connectivity index (χ0v) is 17.8. The number of nitriles is 1. The van der Waals surface area contributed by atoms with Crippen LogP contribution >= 0.6 is 0 Å². The number of aromatic nitrogens is 5. The van der Waals surface area contributed by atoms with Gasteiger partial charge in [-0.05, 0) is 25.0 Å². The van der Waals surface area contributed by atoms with Crippen LogP contribution in [0.1, 0.15) is 29.0 Å². The summed E-state index contributed by atoms with van der Waals surface area (Å²) >= 11 is 0. The van der Waals surface area contributed by atoms with Crippen molar-refractivity contribution in [3.8, 4) is 6.07 Å². The summed E-state index contributed by atoms with van der Waals surface area (Å²) in [4.78, 5) is 28.1. The highest BCUT2D eigenvalue weighted by Gasteiger charge is 2.38. The first-order chi connectivity index (χ1) is 16.0. The number of aliphatic carboxylic acids is 1. The van der Waals surface area contributed by atoms with E-state index < -0.39 is 12.1 Å². The fourth-order valence-corrected chi connectivity index (χ4v) is 3.25. The second kappa shape index (κ2) is 9.75. The van der Waals surface area contributed by atoms with Crippen LogP contribution in [0.25, 0.3) is 5.52 Å². The zero-order chi connectivity index (χ0) is 25.0. The van der Waals surface area contributed by atoms with E-state index in [-0.39, 0.29) is 17.6 Å². The number of rotatable bonds is 3. The maximum Gasteiger partial charge on any atom is 0.490 e. The molecule has 34 heavy (non-hydrogen) atoms. The van der Waals surface area contributed by atoms with Gasteiger partial charge in [0.15, 0.2) is 5.69 Å². The van der Waals surface area contributed by atoms with Gasteiger partial charge in [-0.15, -0.1) is 5.10 Å². The van der Waals surface area contributed by atoms with Gasteiger partial charge in [-0.25, -0.2) is 14.3 Å². The molecule has 0 radical (unpaired) electrons. The molecule has 0 unspecified atom stereocenters. The number of halogens is 3. The molecule has 3 aromatic rings. The van der Waals surface area contributed by atoms with Gasteiger partial charge < -0.3 is 21.1 Å². The van der Waals surface area contributed by atoms with E-state index in [1.807, 2.05) is 11.0 Å². The number of amides is 1. The predicted molar refractivity (Wildman–Crippen MR) is 112 cm³/mol. The molecule has 1 fully saturated rings. The Morgan fingerprint density at radius 3 is 2.65 bits per heavy atom. The molecule has 1 atom stereocenters. The first-order valence-electron chi connectivity index (χ1n) is 9.90. The molecule has 1 aliphatic heterocycles. The summed E-state index contributed by atoms with van der Waals surface area (Å²) in [7, 11) is 1.69. The van der Waals surface area contributed by atoms with Crippen LogP contribution < -0.4 is 16.0 Å². The van der Waals surface area contributed by atoms with Gasteiger partial charge in [-0.3, -0.25) is 9.48 Å². The Labute approximate surface area is 190 Å². The van der Waals surface area contributed by atoms with Crippen LogP contribution in [0.4, 0.5) is 24.8 Å². The van der Waals surface area contributed by atoms with E-state index in [1.165, 1.54) is 4.68 Å². The summed E-state index contributed by atoms with van der Waals surface area (Å²) in [6, 6.07) is 5.51. The number of carboxylic acid groups (broad SMARTS) is 1. The molecule has 0 spiro atoms. The van der Waals surface area contributed by atoms with Crippen molar-refractivity contribution in [1.29, 1.82) is 5.26 Å². The van der Waals surface area contributed by atoms with E-state index in [0.29, 0.717) is 29.4 Å². The van der Waals surface area contributed by atoms with Crippen LogP contribution in [0.2, 0.25) is 0 Å². The van der Waals surface area contributed by atoms with Crippen molar-refractivity contribution in [2.45, 2.75) is 25.1 Å². The fourth-order valence-electron chi connectivity index (χ4n) is 3.25. The molecule has 0 aromatic carbocycles. The Bertz CT molecular complexity index is 1250. The molecule has 0 aliphatic carbocycles. The van der Waals surface area contributed by atoms with Gasteiger partial charge in [0.2, 0.25) is 5.95 Å². The Balaban J connectivity index is 0.000000406. The van der Waals surface area contributed by atoms with Crippen LogP contribution in [-0.2, 0) is 11.8 Å². The summed E-state index contributed by atoms with van der Waals surface area (Å²) in [6.45, 7) is 1.53. The minimum Gasteiger partial charge on any atom is -0.475 e. The highest BCUT2D eigenvalue weighted by atomic mass is 19.4. The van der Waals surface area contributed by atoms with Crippen molar-refractivity contribution in [2.24, 2.45) is 12.8 Å². The third-order valence-corrected chi connectivity index (χ3v) is 4.79. The van der Waals surface area contributed by atoms with E-state index in [9.17, 15) is 18.0 Å². The number of hydrogen-bond acceptors (Lipinski definition) is 8. The largest absolute Gasteiger partial charge is 0.490 e. The van der Waals surface area contributed by atoms with Crippen LogP contribution in [-0.4, -0.2) is 66.7 Å². The van der Waals surface area contributed by atoms with Gasteiger partial charge in [0.25, 0.3) is 5.91 Å². The average Bonchev–Trinajstić information content (AvgIpc) is 3.35. The van der Waals surface area contributed by atoms with E-state index in [1.54, 1.807) is 36.1 Å². The molecule has 0 bridgehead atoms. The number of carboxylic acids is 1. The minimum atomic E-state index is -5.08. The second-order valence-corrected chi connectivity index (χ2v) is 7.40. The number of carbonyl (C=O) groups excluding carboxylic acids is 1. The lowest BCUT2D eigenvalue weighted by Gasteiger charge is -2.30. The topological polar surface area (TPSA) is 167 Å². The van der Waals surface area contributed by atoms with E-state index in [2.05, 4.69) is 20.5 Å². The third-order valence-electron chi connectivity index (χ3n) is 4.79. The molecule has 4 N–H and O–H groups in total. The Kier molecular flexibility index (Phi) is 7.01. The van der Waals surface area contributed by atoms with Gasteiger partial charge in [0.05, 0.1) is 17.4 Å². The lowest BCUT2D eigenvalue weighted by Crippen LogP contribution is -2.43.